The highest BCUT2D eigenvalue weighted by Gasteiger charge is 2.19. The molecule has 182 valence electrons. The Morgan fingerprint density at radius 3 is 2.17 bits per heavy atom. The average molecular weight is 493 g/mol. The molecule has 0 saturated heterocycles. The molecule has 35 heavy (non-hydrogen) atoms. The maximum atomic E-state index is 13.4. The van der Waals surface area contributed by atoms with Gasteiger partial charge in [0.25, 0.3) is 0 Å². The van der Waals surface area contributed by atoms with Gasteiger partial charge in [-0.05, 0) is 53.4 Å². The smallest absolute Gasteiger partial charge is 0.235 e. The number of hydrogen-bond acceptors (Lipinski definition) is 5. The Morgan fingerprint density at radius 1 is 0.857 bits per heavy atom. The van der Waals surface area contributed by atoms with Crippen LogP contribution in [-0.4, -0.2) is 20.3 Å². The van der Waals surface area contributed by atoms with Gasteiger partial charge in [0, 0.05) is 17.0 Å². The van der Waals surface area contributed by atoms with Crippen molar-refractivity contribution < 1.29 is 18.6 Å². The summed E-state index contributed by atoms with van der Waals surface area (Å²) in [6, 6.07) is 20.4. The minimum absolute atomic E-state index is 0.0166. The van der Waals surface area contributed by atoms with E-state index in [2.05, 4.69) is 20.8 Å². The maximum absolute atomic E-state index is 13.4. The lowest BCUT2D eigenvalue weighted by molar-refractivity contribution is 0.244. The van der Waals surface area contributed by atoms with Crippen LogP contribution >= 0.6 is 11.6 Å². The van der Waals surface area contributed by atoms with Crippen molar-refractivity contribution in [1.29, 1.82) is 0 Å². The van der Waals surface area contributed by atoms with E-state index in [4.69, 9.17) is 30.2 Å². The van der Waals surface area contributed by atoms with Gasteiger partial charge in [-0.25, -0.2) is 0 Å². The van der Waals surface area contributed by atoms with Gasteiger partial charge in [0.2, 0.25) is 11.2 Å². The van der Waals surface area contributed by atoms with E-state index in [1.807, 2.05) is 48.5 Å². The normalized spacial score (nSPS) is 11.5. The maximum Gasteiger partial charge on any atom is 0.235 e. The van der Waals surface area contributed by atoms with Crippen LogP contribution in [0.25, 0.3) is 22.3 Å². The van der Waals surface area contributed by atoms with E-state index in [1.54, 1.807) is 25.3 Å². The van der Waals surface area contributed by atoms with Crippen LogP contribution in [0.2, 0.25) is 5.02 Å². The zero-order chi connectivity index (χ0) is 25.0. The highest BCUT2D eigenvalue weighted by atomic mass is 35.5. The Balaban J connectivity index is 1.56. The van der Waals surface area contributed by atoms with Gasteiger partial charge in [0.15, 0.2) is 5.76 Å². The van der Waals surface area contributed by atoms with Crippen molar-refractivity contribution >= 4 is 22.6 Å². The molecule has 0 N–H and O–H groups in total. The van der Waals surface area contributed by atoms with Crippen molar-refractivity contribution in [2.24, 2.45) is 0 Å². The molecule has 0 radical (unpaired) electrons. The van der Waals surface area contributed by atoms with Gasteiger partial charge in [0.1, 0.15) is 17.1 Å². The molecule has 6 heteroatoms. The van der Waals surface area contributed by atoms with Gasteiger partial charge in [-0.15, -0.1) is 0 Å². The van der Waals surface area contributed by atoms with Crippen molar-refractivity contribution in [3.05, 3.63) is 87.5 Å². The minimum Gasteiger partial charge on any atom is -0.497 e. The summed E-state index contributed by atoms with van der Waals surface area (Å²) < 4.78 is 23.1. The van der Waals surface area contributed by atoms with Gasteiger partial charge >= 0.3 is 0 Å². The average Bonchev–Trinajstić information content (AvgIpc) is 2.85. The van der Waals surface area contributed by atoms with E-state index in [9.17, 15) is 4.79 Å². The van der Waals surface area contributed by atoms with Crippen LogP contribution in [0, 0.1) is 0 Å². The van der Waals surface area contributed by atoms with Crippen LogP contribution in [0.1, 0.15) is 32.8 Å². The molecular weight excluding hydrogens is 464 g/mol. The van der Waals surface area contributed by atoms with Crippen LogP contribution in [0.3, 0.4) is 0 Å². The highest BCUT2D eigenvalue weighted by molar-refractivity contribution is 6.31. The molecule has 0 aliphatic heterocycles. The third kappa shape index (κ3) is 5.80. The zero-order valence-corrected chi connectivity index (χ0v) is 21.1. The molecule has 1 aromatic heterocycles. The largest absolute Gasteiger partial charge is 0.497 e. The molecule has 0 atom stereocenters. The van der Waals surface area contributed by atoms with E-state index in [0.29, 0.717) is 41.4 Å². The number of ether oxygens (including phenoxy) is 3. The summed E-state index contributed by atoms with van der Waals surface area (Å²) in [4.78, 5) is 13.4. The summed E-state index contributed by atoms with van der Waals surface area (Å²) in [6.45, 7) is 7.20. The first-order valence-electron chi connectivity index (χ1n) is 11.5. The van der Waals surface area contributed by atoms with E-state index in [1.165, 1.54) is 5.56 Å². The Morgan fingerprint density at radius 2 is 1.51 bits per heavy atom. The Hall–Kier alpha value is -3.44. The van der Waals surface area contributed by atoms with Gasteiger partial charge in [0.05, 0.1) is 25.7 Å². The van der Waals surface area contributed by atoms with E-state index >= 15 is 0 Å². The van der Waals surface area contributed by atoms with Crippen molar-refractivity contribution in [1.82, 2.24) is 0 Å². The lowest BCUT2D eigenvalue weighted by Crippen LogP contribution is -2.13. The van der Waals surface area contributed by atoms with Crippen LogP contribution < -0.4 is 19.6 Å². The minimum atomic E-state index is -0.250. The fourth-order valence-corrected chi connectivity index (χ4v) is 3.86. The number of hydrogen-bond donors (Lipinski definition) is 0. The lowest BCUT2D eigenvalue weighted by Gasteiger charge is -2.19. The van der Waals surface area contributed by atoms with Crippen LogP contribution in [0.4, 0.5) is 0 Å². The van der Waals surface area contributed by atoms with Crippen molar-refractivity contribution in [3.63, 3.8) is 0 Å². The summed E-state index contributed by atoms with van der Waals surface area (Å²) in [5.74, 6) is 2.09. The summed E-state index contributed by atoms with van der Waals surface area (Å²) in [5.41, 5.74) is 2.19. The highest BCUT2D eigenvalue weighted by Crippen LogP contribution is 2.33. The molecule has 0 aliphatic rings. The standard InChI is InChI=1S/C29H29ClO5/c1-29(2,3)20-8-6-19(7-9-20)27-28(26(31)24-18-21(30)10-15-25(24)35-27)34-17-5-16-33-23-13-11-22(32-4)12-14-23/h6-15,18H,5,16-17H2,1-4H3. The Labute approximate surface area is 210 Å². The number of rotatable bonds is 8. The molecule has 0 unspecified atom stereocenters. The molecule has 1 heterocycles. The van der Waals surface area contributed by atoms with E-state index in [0.717, 1.165) is 17.1 Å². The number of fused-ring (bicyclic) bond motifs is 1. The first kappa shape index (κ1) is 24.7. The lowest BCUT2D eigenvalue weighted by atomic mass is 9.86. The summed E-state index contributed by atoms with van der Waals surface area (Å²) >= 11 is 6.14. The van der Waals surface area contributed by atoms with Crippen molar-refractivity contribution in [2.45, 2.75) is 32.6 Å². The van der Waals surface area contributed by atoms with E-state index in [-0.39, 0.29) is 16.6 Å². The van der Waals surface area contributed by atoms with Crippen LogP contribution in [0.5, 0.6) is 17.2 Å². The molecule has 0 spiro atoms. The predicted octanol–water partition coefficient (Wildman–Crippen LogP) is 7.27. The molecular formula is C29H29ClO5. The van der Waals surface area contributed by atoms with Crippen molar-refractivity contribution in [3.8, 4) is 28.6 Å². The molecule has 0 fully saturated rings. The second-order valence-corrected chi connectivity index (χ2v) is 9.72. The molecule has 5 nitrogen and oxygen atoms in total. The van der Waals surface area contributed by atoms with Gasteiger partial charge in [-0.1, -0.05) is 56.6 Å². The van der Waals surface area contributed by atoms with Crippen molar-refractivity contribution in [2.75, 3.05) is 20.3 Å². The number of benzene rings is 3. The Bertz CT molecular complexity index is 1350. The molecule has 4 rings (SSSR count). The second-order valence-electron chi connectivity index (χ2n) is 9.28. The predicted molar refractivity (Wildman–Crippen MR) is 140 cm³/mol. The summed E-state index contributed by atoms with van der Waals surface area (Å²) in [7, 11) is 1.62. The zero-order valence-electron chi connectivity index (χ0n) is 20.4. The van der Waals surface area contributed by atoms with Gasteiger partial charge < -0.3 is 18.6 Å². The molecule has 3 aromatic carbocycles. The van der Waals surface area contributed by atoms with Gasteiger partial charge in [-0.2, -0.15) is 0 Å². The van der Waals surface area contributed by atoms with E-state index < -0.39 is 0 Å². The fraction of sp³-hybridized carbons (Fsp3) is 0.276. The molecule has 4 aromatic rings. The van der Waals surface area contributed by atoms with Crippen LogP contribution in [0.15, 0.2) is 75.9 Å². The number of halogens is 1. The quantitative estimate of drug-likeness (QED) is 0.242. The summed E-state index contributed by atoms with van der Waals surface area (Å²) in [6.07, 6.45) is 0.585. The summed E-state index contributed by atoms with van der Waals surface area (Å²) in [5, 5.41) is 0.850. The number of methoxy groups -OCH3 is 1. The third-order valence-electron chi connectivity index (χ3n) is 5.69. The Kier molecular flexibility index (Phi) is 7.37. The van der Waals surface area contributed by atoms with Crippen LogP contribution in [-0.2, 0) is 5.41 Å². The van der Waals surface area contributed by atoms with Gasteiger partial charge in [-0.3, -0.25) is 4.79 Å². The molecule has 0 aliphatic carbocycles. The second kappa shape index (κ2) is 10.4. The SMILES string of the molecule is COc1ccc(OCCCOc2c(-c3ccc(C(C)(C)C)cc3)oc3ccc(Cl)cc3c2=O)cc1. The molecule has 0 amide bonds. The third-order valence-corrected chi connectivity index (χ3v) is 5.92. The monoisotopic (exact) mass is 492 g/mol. The first-order valence-corrected chi connectivity index (χ1v) is 11.9. The first-order chi connectivity index (χ1) is 16.8. The molecule has 0 bridgehead atoms. The topological polar surface area (TPSA) is 57.9 Å². The molecule has 0 saturated carbocycles. The fourth-order valence-electron chi connectivity index (χ4n) is 3.69.